The lowest BCUT2D eigenvalue weighted by Gasteiger charge is -2.19. The molecule has 0 aliphatic heterocycles. The zero-order valence-corrected chi connectivity index (χ0v) is 10.7. The molecule has 6 nitrogen and oxygen atoms in total. The summed E-state index contributed by atoms with van der Waals surface area (Å²) in [6.07, 6.45) is -0.0937. The maximum Gasteiger partial charge on any atom is 0.425 e. The van der Waals surface area contributed by atoms with Gasteiger partial charge in [0.25, 0.3) is 0 Å². The van der Waals surface area contributed by atoms with Gasteiger partial charge in [-0.1, -0.05) is 6.07 Å². The van der Waals surface area contributed by atoms with E-state index in [0.717, 1.165) is 4.90 Å². The number of imide groups is 1. The molecule has 1 rings (SSSR count). The van der Waals surface area contributed by atoms with Gasteiger partial charge in [-0.25, -0.2) is 14.6 Å². The molecule has 0 radical (unpaired) electrons. The zero-order valence-electron chi connectivity index (χ0n) is 10.7. The van der Waals surface area contributed by atoms with E-state index in [-0.39, 0.29) is 19.0 Å². The van der Waals surface area contributed by atoms with Gasteiger partial charge in [0.05, 0.1) is 13.2 Å². The fraction of sp³-hybridized carbons (Fsp3) is 0.417. The van der Waals surface area contributed by atoms with E-state index in [9.17, 15) is 9.59 Å². The van der Waals surface area contributed by atoms with Gasteiger partial charge in [-0.2, -0.15) is 4.90 Å². The van der Waals surface area contributed by atoms with Crippen molar-refractivity contribution in [1.82, 2.24) is 4.98 Å². The minimum atomic E-state index is -0.794. The number of hydrogen-bond acceptors (Lipinski definition) is 5. The highest BCUT2D eigenvalue weighted by Gasteiger charge is 2.28. The first-order valence-electron chi connectivity index (χ1n) is 5.67. The SMILES string of the molecule is CCOC(=O)N(C(=O)OCC)c1ncccc1C. The van der Waals surface area contributed by atoms with E-state index in [0.29, 0.717) is 5.56 Å². The number of ether oxygens (including phenoxy) is 2. The first-order valence-corrected chi connectivity index (χ1v) is 5.67. The highest BCUT2D eigenvalue weighted by molar-refractivity contribution is 6.08. The van der Waals surface area contributed by atoms with Gasteiger partial charge in [0.1, 0.15) is 0 Å². The molecule has 0 saturated heterocycles. The van der Waals surface area contributed by atoms with E-state index >= 15 is 0 Å². The second-order valence-corrected chi connectivity index (χ2v) is 3.38. The van der Waals surface area contributed by atoms with Crippen LogP contribution in [-0.4, -0.2) is 30.4 Å². The number of aromatic nitrogens is 1. The first kappa shape index (κ1) is 14.0. The van der Waals surface area contributed by atoms with Gasteiger partial charge in [-0.3, -0.25) is 0 Å². The molecule has 0 fully saturated rings. The lowest BCUT2D eigenvalue weighted by molar-refractivity contribution is 0.140. The van der Waals surface area contributed by atoms with Crippen LogP contribution in [0.2, 0.25) is 0 Å². The van der Waals surface area contributed by atoms with E-state index in [2.05, 4.69) is 4.98 Å². The lowest BCUT2D eigenvalue weighted by Crippen LogP contribution is -2.39. The minimum Gasteiger partial charge on any atom is -0.449 e. The topological polar surface area (TPSA) is 68.7 Å². The molecule has 0 aliphatic rings. The number of anilines is 1. The van der Waals surface area contributed by atoms with Gasteiger partial charge >= 0.3 is 12.2 Å². The standard InChI is InChI=1S/C12H16N2O4/c1-4-17-11(15)14(12(16)18-5-2)10-9(3)7-6-8-13-10/h6-8H,4-5H2,1-3H3. The predicted molar refractivity (Wildman–Crippen MR) is 65.5 cm³/mol. The van der Waals surface area contributed by atoms with Gasteiger partial charge < -0.3 is 9.47 Å². The second-order valence-electron chi connectivity index (χ2n) is 3.38. The quantitative estimate of drug-likeness (QED) is 0.826. The number of rotatable bonds is 3. The third-order valence-corrected chi connectivity index (χ3v) is 2.09. The van der Waals surface area contributed by atoms with Crippen molar-refractivity contribution in [2.75, 3.05) is 18.1 Å². The minimum absolute atomic E-state index is 0.167. The molecule has 0 aliphatic carbocycles. The normalized spacial score (nSPS) is 9.72. The maximum atomic E-state index is 11.8. The van der Waals surface area contributed by atoms with Crippen LogP contribution >= 0.6 is 0 Å². The molecule has 1 aromatic rings. The Balaban J connectivity index is 3.08. The van der Waals surface area contributed by atoms with Crippen molar-refractivity contribution in [3.8, 4) is 0 Å². The molecule has 0 spiro atoms. The van der Waals surface area contributed by atoms with Crippen LogP contribution in [-0.2, 0) is 9.47 Å². The Labute approximate surface area is 106 Å². The first-order chi connectivity index (χ1) is 8.61. The lowest BCUT2D eigenvalue weighted by atomic mass is 10.3. The molecule has 2 amide bonds. The van der Waals surface area contributed by atoms with Crippen molar-refractivity contribution < 1.29 is 19.1 Å². The Morgan fingerprint density at radius 1 is 1.22 bits per heavy atom. The molecule has 98 valence electrons. The molecule has 0 N–H and O–H groups in total. The number of nitrogens with zero attached hydrogens (tertiary/aromatic N) is 2. The summed E-state index contributed by atoms with van der Waals surface area (Å²) in [6, 6.07) is 3.46. The Morgan fingerprint density at radius 2 is 1.78 bits per heavy atom. The summed E-state index contributed by atoms with van der Waals surface area (Å²) < 4.78 is 9.65. The predicted octanol–water partition coefficient (Wildman–Crippen LogP) is 2.51. The van der Waals surface area contributed by atoms with Crippen LogP contribution in [0.4, 0.5) is 15.4 Å². The van der Waals surface area contributed by atoms with Crippen molar-refractivity contribution in [3.63, 3.8) is 0 Å². The summed E-state index contributed by atoms with van der Waals surface area (Å²) >= 11 is 0. The molecule has 0 aromatic carbocycles. The van der Waals surface area contributed by atoms with E-state index in [4.69, 9.17) is 9.47 Å². The molecule has 18 heavy (non-hydrogen) atoms. The molecule has 0 bridgehead atoms. The van der Waals surface area contributed by atoms with E-state index in [1.54, 1.807) is 32.9 Å². The summed E-state index contributed by atoms with van der Waals surface area (Å²) in [7, 11) is 0. The van der Waals surface area contributed by atoms with Gasteiger partial charge in [0, 0.05) is 6.20 Å². The highest BCUT2D eigenvalue weighted by atomic mass is 16.6. The Kier molecular flexibility index (Phi) is 5.10. The summed E-state index contributed by atoms with van der Waals surface area (Å²) in [5.41, 5.74) is 0.679. The van der Waals surface area contributed by atoms with Crippen LogP contribution in [0.3, 0.4) is 0 Å². The summed E-state index contributed by atoms with van der Waals surface area (Å²) in [5.74, 6) is 0.217. The molecular formula is C12H16N2O4. The summed E-state index contributed by atoms with van der Waals surface area (Å²) in [6.45, 7) is 5.40. The third-order valence-electron chi connectivity index (χ3n) is 2.09. The molecule has 0 atom stereocenters. The van der Waals surface area contributed by atoms with Crippen molar-refractivity contribution in [3.05, 3.63) is 23.9 Å². The molecule has 0 saturated carbocycles. The Morgan fingerprint density at radius 3 is 2.22 bits per heavy atom. The number of carbonyl (C=O) groups excluding carboxylic acids is 2. The fourth-order valence-corrected chi connectivity index (χ4v) is 1.33. The molecule has 6 heteroatoms. The number of hydrogen-bond donors (Lipinski definition) is 0. The fourth-order valence-electron chi connectivity index (χ4n) is 1.33. The molecule has 1 aromatic heterocycles. The van der Waals surface area contributed by atoms with E-state index in [1.165, 1.54) is 6.20 Å². The Bertz CT molecular complexity index is 416. The monoisotopic (exact) mass is 252 g/mol. The summed E-state index contributed by atoms with van der Waals surface area (Å²) in [4.78, 5) is 28.4. The van der Waals surface area contributed by atoms with Gasteiger partial charge in [0.2, 0.25) is 0 Å². The van der Waals surface area contributed by atoms with Crippen LogP contribution in [0.15, 0.2) is 18.3 Å². The van der Waals surface area contributed by atoms with E-state index < -0.39 is 12.2 Å². The van der Waals surface area contributed by atoms with Crippen LogP contribution in [0, 0.1) is 6.92 Å². The largest absolute Gasteiger partial charge is 0.449 e. The van der Waals surface area contributed by atoms with Crippen molar-refractivity contribution in [1.29, 1.82) is 0 Å². The van der Waals surface area contributed by atoms with E-state index in [1.807, 2.05) is 0 Å². The number of carbonyl (C=O) groups is 2. The number of pyridine rings is 1. The number of aryl methyl sites for hydroxylation is 1. The number of amides is 2. The van der Waals surface area contributed by atoms with Crippen LogP contribution < -0.4 is 4.90 Å². The summed E-state index contributed by atoms with van der Waals surface area (Å²) in [5, 5.41) is 0. The maximum absolute atomic E-state index is 11.8. The average molecular weight is 252 g/mol. The highest BCUT2D eigenvalue weighted by Crippen LogP contribution is 2.18. The van der Waals surface area contributed by atoms with Crippen molar-refractivity contribution in [2.45, 2.75) is 20.8 Å². The Hall–Kier alpha value is -2.11. The zero-order chi connectivity index (χ0) is 13.5. The van der Waals surface area contributed by atoms with Crippen molar-refractivity contribution >= 4 is 18.0 Å². The average Bonchev–Trinajstić information content (AvgIpc) is 2.33. The molecule has 0 unspecified atom stereocenters. The van der Waals surface area contributed by atoms with Crippen molar-refractivity contribution in [2.24, 2.45) is 0 Å². The van der Waals surface area contributed by atoms with Crippen LogP contribution in [0.5, 0.6) is 0 Å². The third kappa shape index (κ3) is 3.19. The van der Waals surface area contributed by atoms with Crippen LogP contribution in [0.25, 0.3) is 0 Å². The molecule has 1 heterocycles. The van der Waals surface area contributed by atoms with Gasteiger partial charge in [-0.15, -0.1) is 0 Å². The molecular weight excluding hydrogens is 236 g/mol. The van der Waals surface area contributed by atoms with Gasteiger partial charge in [0.15, 0.2) is 5.82 Å². The smallest absolute Gasteiger partial charge is 0.425 e. The van der Waals surface area contributed by atoms with Gasteiger partial charge in [-0.05, 0) is 32.4 Å². The van der Waals surface area contributed by atoms with Crippen LogP contribution in [0.1, 0.15) is 19.4 Å². The second kappa shape index (κ2) is 6.58.